The molecular weight excluding hydrogens is 364 g/mol. The molecule has 0 radical (unpaired) electrons. The van der Waals surface area contributed by atoms with E-state index in [0.29, 0.717) is 5.56 Å². The number of sulfone groups is 1. The average molecular weight is 382 g/mol. The van der Waals surface area contributed by atoms with Gasteiger partial charge in [-0.2, -0.15) is 0 Å². The molecule has 0 bridgehead atoms. The third-order valence-electron chi connectivity index (χ3n) is 3.98. The second-order valence-electron chi connectivity index (χ2n) is 5.98. The molecule has 0 aliphatic rings. The van der Waals surface area contributed by atoms with E-state index in [9.17, 15) is 18.3 Å². The van der Waals surface area contributed by atoms with Crippen LogP contribution in [0.2, 0.25) is 0 Å². The average Bonchev–Trinajstić information content (AvgIpc) is 2.67. The predicted octanol–water partition coefficient (Wildman–Crippen LogP) is 3.94. The van der Waals surface area contributed by atoms with Crippen LogP contribution in [0.15, 0.2) is 83.8 Å². The Morgan fingerprint density at radius 3 is 2.04 bits per heavy atom. The summed E-state index contributed by atoms with van der Waals surface area (Å²) in [4.78, 5) is 11.5. The minimum Gasteiger partial charge on any atom is -0.488 e. The Bertz CT molecular complexity index is 1030. The predicted molar refractivity (Wildman–Crippen MR) is 102 cm³/mol. The zero-order valence-electron chi connectivity index (χ0n) is 14.4. The van der Waals surface area contributed by atoms with Gasteiger partial charge in [0.05, 0.1) is 10.6 Å². The van der Waals surface area contributed by atoms with Crippen molar-refractivity contribution in [1.82, 2.24) is 0 Å². The maximum atomic E-state index is 12.7. The molecule has 6 heteroatoms. The van der Waals surface area contributed by atoms with E-state index in [1.807, 2.05) is 36.4 Å². The van der Waals surface area contributed by atoms with Gasteiger partial charge in [-0.15, -0.1) is 0 Å². The van der Waals surface area contributed by atoms with Crippen molar-refractivity contribution in [3.63, 3.8) is 0 Å². The molecular formula is C21H18O5S. The van der Waals surface area contributed by atoms with Gasteiger partial charge >= 0.3 is 5.97 Å². The van der Waals surface area contributed by atoms with E-state index >= 15 is 0 Å². The van der Waals surface area contributed by atoms with Crippen LogP contribution in [-0.4, -0.2) is 19.5 Å². The summed E-state index contributed by atoms with van der Waals surface area (Å²) in [6.07, 6.45) is 0. The van der Waals surface area contributed by atoms with Gasteiger partial charge in [0.15, 0.2) is 9.84 Å². The SMILES string of the molecule is O=C(O)c1ccc(S(=O)(=O)Cc2ccccc2)cc1OCc1ccccc1. The van der Waals surface area contributed by atoms with Gasteiger partial charge in [-0.1, -0.05) is 60.7 Å². The van der Waals surface area contributed by atoms with E-state index in [-0.39, 0.29) is 28.6 Å². The number of benzene rings is 3. The van der Waals surface area contributed by atoms with Crippen LogP contribution < -0.4 is 4.74 Å². The number of hydrogen-bond acceptors (Lipinski definition) is 4. The highest BCUT2D eigenvalue weighted by atomic mass is 32.2. The first-order valence-electron chi connectivity index (χ1n) is 8.26. The summed E-state index contributed by atoms with van der Waals surface area (Å²) < 4.78 is 31.0. The molecule has 138 valence electrons. The van der Waals surface area contributed by atoms with Crippen LogP contribution in [0.25, 0.3) is 0 Å². The highest BCUT2D eigenvalue weighted by Crippen LogP contribution is 2.26. The van der Waals surface area contributed by atoms with Crippen molar-refractivity contribution < 1.29 is 23.1 Å². The van der Waals surface area contributed by atoms with Gasteiger partial charge in [0.25, 0.3) is 0 Å². The molecule has 1 N–H and O–H groups in total. The number of carbonyl (C=O) groups is 1. The molecule has 0 fully saturated rings. The maximum absolute atomic E-state index is 12.7. The normalized spacial score (nSPS) is 11.1. The molecule has 5 nitrogen and oxygen atoms in total. The zero-order chi connectivity index (χ0) is 19.3. The lowest BCUT2D eigenvalue weighted by molar-refractivity contribution is 0.0691. The molecule has 0 heterocycles. The molecule has 0 unspecified atom stereocenters. The van der Waals surface area contributed by atoms with Gasteiger partial charge in [-0.25, -0.2) is 13.2 Å². The Balaban J connectivity index is 1.89. The molecule has 3 aromatic carbocycles. The Hall–Kier alpha value is -3.12. The summed E-state index contributed by atoms with van der Waals surface area (Å²) in [6.45, 7) is 0.142. The van der Waals surface area contributed by atoms with E-state index in [2.05, 4.69) is 0 Å². The third kappa shape index (κ3) is 4.74. The monoisotopic (exact) mass is 382 g/mol. The van der Waals surface area contributed by atoms with Crippen LogP contribution in [0.1, 0.15) is 21.5 Å². The van der Waals surface area contributed by atoms with E-state index < -0.39 is 15.8 Å². The van der Waals surface area contributed by atoms with E-state index in [4.69, 9.17) is 4.74 Å². The molecule has 0 aliphatic heterocycles. The van der Waals surface area contributed by atoms with Gasteiger partial charge in [-0.3, -0.25) is 0 Å². The topological polar surface area (TPSA) is 80.7 Å². The van der Waals surface area contributed by atoms with Gasteiger partial charge in [0, 0.05) is 0 Å². The molecule has 0 saturated heterocycles. The minimum absolute atomic E-state index is 0.0272. The molecule has 0 atom stereocenters. The first-order chi connectivity index (χ1) is 13.0. The van der Waals surface area contributed by atoms with Crippen molar-refractivity contribution in [2.75, 3.05) is 0 Å². The van der Waals surface area contributed by atoms with Crippen molar-refractivity contribution in [3.05, 3.63) is 95.6 Å². The summed E-state index contributed by atoms with van der Waals surface area (Å²) in [5.74, 6) is -1.32. The molecule has 3 aromatic rings. The molecule has 27 heavy (non-hydrogen) atoms. The zero-order valence-corrected chi connectivity index (χ0v) is 15.2. The standard InChI is InChI=1S/C21H18O5S/c22-21(23)19-12-11-18(27(24,25)15-17-9-5-2-6-10-17)13-20(19)26-14-16-7-3-1-4-8-16/h1-13H,14-15H2,(H,22,23). The molecule has 0 aromatic heterocycles. The fraction of sp³-hybridized carbons (Fsp3) is 0.0952. The second-order valence-corrected chi connectivity index (χ2v) is 7.97. The summed E-state index contributed by atoms with van der Waals surface area (Å²) in [7, 11) is -3.63. The van der Waals surface area contributed by atoms with Gasteiger partial charge in [0.2, 0.25) is 0 Å². The van der Waals surface area contributed by atoms with Gasteiger partial charge in [-0.05, 0) is 29.3 Å². The summed E-state index contributed by atoms with van der Waals surface area (Å²) >= 11 is 0. The number of rotatable bonds is 7. The van der Waals surface area contributed by atoms with Crippen LogP contribution in [-0.2, 0) is 22.2 Å². The van der Waals surface area contributed by atoms with E-state index in [1.54, 1.807) is 24.3 Å². The lowest BCUT2D eigenvalue weighted by Crippen LogP contribution is -2.08. The number of aromatic carboxylic acids is 1. The van der Waals surface area contributed by atoms with Crippen molar-refractivity contribution in [2.45, 2.75) is 17.3 Å². The fourth-order valence-electron chi connectivity index (χ4n) is 2.60. The first-order valence-corrected chi connectivity index (χ1v) is 9.92. The van der Waals surface area contributed by atoms with Gasteiger partial charge in [0.1, 0.15) is 17.9 Å². The quantitative estimate of drug-likeness (QED) is 0.669. The smallest absolute Gasteiger partial charge is 0.339 e. The maximum Gasteiger partial charge on any atom is 0.339 e. The highest BCUT2D eigenvalue weighted by Gasteiger charge is 2.20. The Kier molecular flexibility index (Phi) is 5.57. The van der Waals surface area contributed by atoms with Crippen molar-refractivity contribution in [2.24, 2.45) is 0 Å². The minimum atomic E-state index is -3.63. The number of hydrogen-bond donors (Lipinski definition) is 1. The largest absolute Gasteiger partial charge is 0.488 e. The summed E-state index contributed by atoms with van der Waals surface area (Å²) in [6, 6.07) is 21.9. The van der Waals surface area contributed by atoms with Crippen LogP contribution >= 0.6 is 0 Å². The van der Waals surface area contributed by atoms with Crippen LogP contribution in [0.3, 0.4) is 0 Å². The van der Waals surface area contributed by atoms with E-state index in [0.717, 1.165) is 5.56 Å². The Morgan fingerprint density at radius 2 is 1.44 bits per heavy atom. The number of ether oxygens (including phenoxy) is 1. The van der Waals surface area contributed by atoms with Crippen molar-refractivity contribution in [1.29, 1.82) is 0 Å². The Labute approximate surface area is 157 Å². The highest BCUT2D eigenvalue weighted by molar-refractivity contribution is 7.90. The van der Waals surface area contributed by atoms with Crippen LogP contribution in [0, 0.1) is 0 Å². The van der Waals surface area contributed by atoms with E-state index in [1.165, 1.54) is 18.2 Å². The molecule has 0 saturated carbocycles. The third-order valence-corrected chi connectivity index (χ3v) is 5.66. The number of carboxylic acid groups (broad SMARTS) is 1. The summed E-state index contributed by atoms with van der Waals surface area (Å²) in [5.41, 5.74) is 1.43. The lowest BCUT2D eigenvalue weighted by Gasteiger charge is -2.12. The van der Waals surface area contributed by atoms with Gasteiger partial charge < -0.3 is 9.84 Å². The van der Waals surface area contributed by atoms with Crippen molar-refractivity contribution in [3.8, 4) is 5.75 Å². The molecule has 0 amide bonds. The molecule has 3 rings (SSSR count). The fourth-order valence-corrected chi connectivity index (χ4v) is 3.96. The summed E-state index contributed by atoms with van der Waals surface area (Å²) in [5, 5.41) is 9.36. The molecule has 0 aliphatic carbocycles. The number of carboxylic acids is 1. The van der Waals surface area contributed by atoms with Crippen molar-refractivity contribution >= 4 is 15.8 Å². The molecule has 0 spiro atoms. The Morgan fingerprint density at radius 1 is 0.852 bits per heavy atom. The lowest BCUT2D eigenvalue weighted by atomic mass is 10.2. The first kappa shape index (κ1) is 18.7. The van der Waals surface area contributed by atoms with Crippen LogP contribution in [0.4, 0.5) is 0 Å². The van der Waals surface area contributed by atoms with Crippen LogP contribution in [0.5, 0.6) is 5.75 Å². The second kappa shape index (κ2) is 8.05.